The zero-order valence-electron chi connectivity index (χ0n) is 12.6. The number of nitrogens with zero attached hydrogens (tertiary/aromatic N) is 2. The molecule has 104 valence electrons. The molecule has 1 unspecified atom stereocenters. The summed E-state index contributed by atoms with van der Waals surface area (Å²) in [5.74, 6) is 1.17. The molecule has 0 saturated heterocycles. The number of rotatable bonds is 6. The molecular formula is C14H27N3S. The molecule has 0 bridgehead atoms. The van der Waals surface area contributed by atoms with Crippen LogP contribution in [0, 0.1) is 0 Å². The van der Waals surface area contributed by atoms with Gasteiger partial charge >= 0.3 is 0 Å². The fourth-order valence-corrected chi connectivity index (χ4v) is 2.83. The predicted molar refractivity (Wildman–Crippen MR) is 81.2 cm³/mol. The van der Waals surface area contributed by atoms with E-state index in [-0.39, 0.29) is 5.41 Å². The average Bonchev–Trinajstić information content (AvgIpc) is 2.65. The van der Waals surface area contributed by atoms with Crippen LogP contribution < -0.4 is 5.32 Å². The lowest BCUT2D eigenvalue weighted by Crippen LogP contribution is -2.31. The normalized spacial score (nSPS) is 13.9. The second-order valence-corrected chi connectivity index (χ2v) is 6.78. The van der Waals surface area contributed by atoms with Crippen molar-refractivity contribution in [2.24, 2.45) is 7.05 Å². The number of thioether (sulfide) groups is 1. The van der Waals surface area contributed by atoms with Crippen molar-refractivity contribution in [2.45, 2.75) is 52.1 Å². The fraction of sp³-hybridized carbons (Fsp3) is 0.786. The standard InChI is InChI=1S/C14H27N3S/c1-7-12(10-18-6)15-8-11-9-17(5)16-13(11)14(2,3)4/h9,12,15H,7-8,10H2,1-6H3. The highest BCUT2D eigenvalue weighted by atomic mass is 32.2. The molecule has 0 radical (unpaired) electrons. The van der Waals surface area contributed by atoms with Gasteiger partial charge < -0.3 is 5.32 Å². The van der Waals surface area contributed by atoms with E-state index in [9.17, 15) is 0 Å². The minimum Gasteiger partial charge on any atom is -0.309 e. The molecule has 0 saturated carbocycles. The quantitative estimate of drug-likeness (QED) is 0.861. The maximum atomic E-state index is 4.60. The van der Waals surface area contributed by atoms with Crippen molar-refractivity contribution in [1.82, 2.24) is 15.1 Å². The van der Waals surface area contributed by atoms with Crippen LogP contribution in [-0.2, 0) is 19.0 Å². The van der Waals surface area contributed by atoms with Gasteiger partial charge in [-0.05, 0) is 12.7 Å². The van der Waals surface area contributed by atoms with Crippen molar-refractivity contribution in [3.05, 3.63) is 17.5 Å². The van der Waals surface area contributed by atoms with Gasteiger partial charge in [0.2, 0.25) is 0 Å². The van der Waals surface area contributed by atoms with E-state index in [1.165, 1.54) is 23.4 Å². The van der Waals surface area contributed by atoms with E-state index in [0.29, 0.717) is 6.04 Å². The van der Waals surface area contributed by atoms with Crippen molar-refractivity contribution < 1.29 is 0 Å². The van der Waals surface area contributed by atoms with Gasteiger partial charge in [0.25, 0.3) is 0 Å². The maximum absolute atomic E-state index is 4.60. The molecule has 1 aromatic rings. The van der Waals surface area contributed by atoms with Crippen LogP contribution in [0.4, 0.5) is 0 Å². The minimum atomic E-state index is 0.111. The van der Waals surface area contributed by atoms with Crippen LogP contribution in [-0.4, -0.2) is 27.8 Å². The molecule has 1 aromatic heterocycles. The molecule has 4 heteroatoms. The van der Waals surface area contributed by atoms with Gasteiger partial charge in [0.15, 0.2) is 0 Å². The molecule has 3 nitrogen and oxygen atoms in total. The predicted octanol–water partition coefficient (Wildman–Crippen LogP) is 2.95. The summed E-state index contributed by atoms with van der Waals surface area (Å²) in [5.41, 5.74) is 2.64. The largest absolute Gasteiger partial charge is 0.309 e. The first-order valence-corrected chi connectivity index (χ1v) is 8.03. The second-order valence-electron chi connectivity index (χ2n) is 5.87. The minimum absolute atomic E-state index is 0.111. The van der Waals surface area contributed by atoms with Crippen LogP contribution >= 0.6 is 11.8 Å². The molecule has 0 aromatic carbocycles. The SMILES string of the molecule is CCC(CSC)NCc1cn(C)nc1C(C)(C)C. The summed E-state index contributed by atoms with van der Waals surface area (Å²) in [5, 5.41) is 8.24. The van der Waals surface area contributed by atoms with Crippen LogP contribution in [0.3, 0.4) is 0 Å². The second kappa shape index (κ2) is 6.62. The van der Waals surface area contributed by atoms with Crippen LogP contribution in [0.2, 0.25) is 0 Å². The maximum Gasteiger partial charge on any atom is 0.0722 e. The average molecular weight is 269 g/mol. The van der Waals surface area contributed by atoms with Gasteiger partial charge in [0.05, 0.1) is 5.69 Å². The smallest absolute Gasteiger partial charge is 0.0722 e. The molecule has 0 amide bonds. The lowest BCUT2D eigenvalue weighted by Gasteiger charge is -2.20. The van der Waals surface area contributed by atoms with Crippen molar-refractivity contribution in [2.75, 3.05) is 12.0 Å². The van der Waals surface area contributed by atoms with Gasteiger partial charge in [-0.15, -0.1) is 0 Å². The van der Waals surface area contributed by atoms with Gasteiger partial charge in [-0.3, -0.25) is 4.68 Å². The molecule has 0 aliphatic rings. The summed E-state index contributed by atoms with van der Waals surface area (Å²) < 4.78 is 1.92. The summed E-state index contributed by atoms with van der Waals surface area (Å²) >= 11 is 1.90. The summed E-state index contributed by atoms with van der Waals surface area (Å²) in [6, 6.07) is 0.591. The molecular weight excluding hydrogens is 242 g/mol. The molecule has 1 rings (SSSR count). The number of nitrogens with one attached hydrogen (secondary N) is 1. The lowest BCUT2D eigenvalue weighted by atomic mass is 9.89. The zero-order chi connectivity index (χ0) is 13.8. The first-order chi connectivity index (χ1) is 8.38. The summed E-state index contributed by atoms with van der Waals surface area (Å²) in [6.07, 6.45) is 5.47. The Kier molecular flexibility index (Phi) is 5.73. The van der Waals surface area contributed by atoms with Crippen molar-refractivity contribution in [3.63, 3.8) is 0 Å². The third kappa shape index (κ3) is 4.32. The topological polar surface area (TPSA) is 29.9 Å². The molecule has 1 atom stereocenters. The molecule has 18 heavy (non-hydrogen) atoms. The Balaban J connectivity index is 2.72. The number of hydrogen-bond acceptors (Lipinski definition) is 3. The summed E-state index contributed by atoms with van der Waals surface area (Å²) in [4.78, 5) is 0. The Morgan fingerprint density at radius 2 is 2.11 bits per heavy atom. The van der Waals surface area contributed by atoms with Crippen molar-refractivity contribution in [1.29, 1.82) is 0 Å². The van der Waals surface area contributed by atoms with E-state index in [4.69, 9.17) is 0 Å². The van der Waals surface area contributed by atoms with Gasteiger partial charge in [0.1, 0.15) is 0 Å². The van der Waals surface area contributed by atoms with Crippen molar-refractivity contribution in [3.8, 4) is 0 Å². The highest BCUT2D eigenvalue weighted by molar-refractivity contribution is 7.98. The number of hydrogen-bond donors (Lipinski definition) is 1. The first kappa shape index (κ1) is 15.6. The van der Waals surface area contributed by atoms with Gasteiger partial charge in [-0.25, -0.2) is 0 Å². The summed E-state index contributed by atoms with van der Waals surface area (Å²) in [7, 11) is 2.00. The third-order valence-electron chi connectivity index (χ3n) is 3.06. The van der Waals surface area contributed by atoms with Gasteiger partial charge in [-0.2, -0.15) is 16.9 Å². The Bertz CT molecular complexity index is 366. The van der Waals surface area contributed by atoms with Crippen molar-refractivity contribution >= 4 is 11.8 Å². The monoisotopic (exact) mass is 269 g/mol. The van der Waals surface area contributed by atoms with Crippen LogP contribution in [0.1, 0.15) is 45.4 Å². The van der Waals surface area contributed by atoms with E-state index in [1.54, 1.807) is 0 Å². The fourth-order valence-electron chi connectivity index (χ4n) is 2.08. The summed E-state index contributed by atoms with van der Waals surface area (Å²) in [6.45, 7) is 9.81. The van der Waals surface area contributed by atoms with Gasteiger partial charge in [-0.1, -0.05) is 27.7 Å². The van der Waals surface area contributed by atoms with E-state index >= 15 is 0 Å². The van der Waals surface area contributed by atoms with Crippen LogP contribution in [0.5, 0.6) is 0 Å². The zero-order valence-corrected chi connectivity index (χ0v) is 13.4. The molecule has 0 aliphatic heterocycles. The Morgan fingerprint density at radius 3 is 2.61 bits per heavy atom. The van der Waals surface area contributed by atoms with Gasteiger partial charge in [0, 0.05) is 42.6 Å². The van der Waals surface area contributed by atoms with E-state index in [2.05, 4.69) is 50.6 Å². The molecule has 1 heterocycles. The number of aromatic nitrogens is 2. The van der Waals surface area contributed by atoms with Crippen LogP contribution in [0.15, 0.2) is 6.20 Å². The molecule has 0 fully saturated rings. The van der Waals surface area contributed by atoms with Crippen LogP contribution in [0.25, 0.3) is 0 Å². The number of aryl methyl sites for hydroxylation is 1. The van der Waals surface area contributed by atoms with E-state index < -0.39 is 0 Å². The van der Waals surface area contributed by atoms with E-state index in [0.717, 1.165) is 6.54 Å². The first-order valence-electron chi connectivity index (χ1n) is 6.63. The Morgan fingerprint density at radius 1 is 1.44 bits per heavy atom. The third-order valence-corrected chi connectivity index (χ3v) is 3.79. The Labute approximate surface area is 116 Å². The lowest BCUT2D eigenvalue weighted by molar-refractivity contribution is 0.519. The highest BCUT2D eigenvalue weighted by Crippen LogP contribution is 2.24. The Hall–Kier alpha value is -0.480. The highest BCUT2D eigenvalue weighted by Gasteiger charge is 2.21. The van der Waals surface area contributed by atoms with E-state index in [1.807, 2.05) is 23.5 Å². The molecule has 1 N–H and O–H groups in total. The molecule has 0 spiro atoms. The molecule has 0 aliphatic carbocycles.